The third-order valence-corrected chi connectivity index (χ3v) is 4.75. The number of piperidine rings is 1. The van der Waals surface area contributed by atoms with Crippen molar-refractivity contribution in [3.8, 4) is 0 Å². The van der Waals surface area contributed by atoms with Crippen molar-refractivity contribution in [1.29, 1.82) is 0 Å². The number of hydrogen-bond acceptors (Lipinski definition) is 1. The number of amides is 1. The zero-order chi connectivity index (χ0) is 11.1. The van der Waals surface area contributed by atoms with Crippen molar-refractivity contribution in [2.75, 3.05) is 13.1 Å². The highest BCUT2D eigenvalue weighted by molar-refractivity contribution is 5.73. The Morgan fingerprint density at radius 3 is 2.20 bits per heavy atom. The lowest BCUT2D eigenvalue weighted by atomic mass is 9.52. The Morgan fingerprint density at radius 2 is 1.87 bits per heavy atom. The van der Waals surface area contributed by atoms with E-state index in [4.69, 9.17) is 0 Å². The predicted molar refractivity (Wildman–Crippen MR) is 61.5 cm³/mol. The topological polar surface area (TPSA) is 20.3 Å². The van der Waals surface area contributed by atoms with Crippen LogP contribution in [0.2, 0.25) is 0 Å². The molecule has 0 N–H and O–H groups in total. The number of carbonyl (C=O) groups is 1. The average Bonchev–Trinajstić information content (AvgIpc) is 2.15. The van der Waals surface area contributed by atoms with Crippen molar-refractivity contribution < 1.29 is 4.79 Å². The van der Waals surface area contributed by atoms with Gasteiger partial charge in [0.2, 0.25) is 5.91 Å². The summed E-state index contributed by atoms with van der Waals surface area (Å²) in [5.41, 5.74) is 0.611. The molecular weight excluding hydrogens is 186 g/mol. The molecule has 0 radical (unpaired) electrons. The first-order valence-electron chi connectivity index (χ1n) is 6.31. The van der Waals surface area contributed by atoms with Gasteiger partial charge in [0, 0.05) is 20.0 Å². The fourth-order valence-electron chi connectivity index (χ4n) is 3.65. The maximum Gasteiger partial charge on any atom is 0.219 e. The Kier molecular flexibility index (Phi) is 2.78. The quantitative estimate of drug-likeness (QED) is 0.650. The van der Waals surface area contributed by atoms with Crippen molar-refractivity contribution >= 4 is 5.91 Å². The van der Waals surface area contributed by atoms with E-state index in [0.717, 1.165) is 24.9 Å². The molecule has 1 atom stereocenters. The Bertz CT molecular complexity index is 251. The molecule has 2 nitrogen and oxygen atoms in total. The summed E-state index contributed by atoms with van der Waals surface area (Å²) in [6.07, 6.45) is 5.31. The summed E-state index contributed by atoms with van der Waals surface area (Å²) in [6, 6.07) is 0. The highest BCUT2D eigenvalue weighted by Gasteiger charge is 2.49. The summed E-state index contributed by atoms with van der Waals surface area (Å²) in [5, 5.41) is 0. The largest absolute Gasteiger partial charge is 0.343 e. The minimum atomic E-state index is 0.255. The molecule has 2 rings (SSSR count). The van der Waals surface area contributed by atoms with Gasteiger partial charge in [0.1, 0.15) is 0 Å². The van der Waals surface area contributed by atoms with Gasteiger partial charge in [-0.15, -0.1) is 0 Å². The van der Waals surface area contributed by atoms with Crippen LogP contribution in [0.4, 0.5) is 0 Å². The van der Waals surface area contributed by atoms with Crippen molar-refractivity contribution in [3.63, 3.8) is 0 Å². The molecule has 2 heteroatoms. The van der Waals surface area contributed by atoms with E-state index in [1.54, 1.807) is 6.92 Å². The normalized spacial score (nSPS) is 29.3. The molecule has 0 aromatic rings. The van der Waals surface area contributed by atoms with Gasteiger partial charge < -0.3 is 4.90 Å². The Balaban J connectivity index is 1.95. The summed E-state index contributed by atoms with van der Waals surface area (Å²) in [6.45, 7) is 8.39. The molecule has 0 aromatic carbocycles. The summed E-state index contributed by atoms with van der Waals surface area (Å²) in [5.74, 6) is 2.00. The van der Waals surface area contributed by atoms with Crippen molar-refractivity contribution in [3.05, 3.63) is 0 Å². The van der Waals surface area contributed by atoms with E-state index >= 15 is 0 Å². The van der Waals surface area contributed by atoms with Crippen molar-refractivity contribution in [2.45, 2.75) is 46.5 Å². The Morgan fingerprint density at radius 1 is 1.27 bits per heavy atom. The highest BCUT2D eigenvalue weighted by atomic mass is 16.2. The molecule has 1 heterocycles. The summed E-state index contributed by atoms with van der Waals surface area (Å²) >= 11 is 0. The van der Waals surface area contributed by atoms with Gasteiger partial charge in [0.15, 0.2) is 0 Å². The molecule has 1 saturated carbocycles. The Hall–Kier alpha value is -0.530. The van der Waals surface area contributed by atoms with E-state index in [1.165, 1.54) is 25.7 Å². The van der Waals surface area contributed by atoms with Crippen LogP contribution in [0.3, 0.4) is 0 Å². The highest BCUT2D eigenvalue weighted by Crippen LogP contribution is 2.56. The van der Waals surface area contributed by atoms with Gasteiger partial charge >= 0.3 is 0 Å². The van der Waals surface area contributed by atoms with Crippen LogP contribution in [0, 0.1) is 17.3 Å². The fourth-order valence-corrected chi connectivity index (χ4v) is 3.65. The van der Waals surface area contributed by atoms with E-state index in [-0.39, 0.29) is 5.91 Å². The zero-order valence-electron chi connectivity index (χ0n) is 10.3. The molecule has 1 unspecified atom stereocenters. The minimum absolute atomic E-state index is 0.255. The number of nitrogens with zero attached hydrogens (tertiary/aromatic N) is 1. The van der Waals surface area contributed by atoms with Crippen LogP contribution in [0.1, 0.15) is 46.5 Å². The van der Waals surface area contributed by atoms with Crippen LogP contribution in [-0.4, -0.2) is 23.9 Å². The molecule has 0 aromatic heterocycles. The third-order valence-electron chi connectivity index (χ3n) is 4.75. The van der Waals surface area contributed by atoms with Crippen LogP contribution < -0.4 is 0 Å². The van der Waals surface area contributed by atoms with Gasteiger partial charge in [0.05, 0.1) is 0 Å². The summed E-state index contributed by atoms with van der Waals surface area (Å²) < 4.78 is 0. The average molecular weight is 209 g/mol. The van der Waals surface area contributed by atoms with Crippen LogP contribution in [0.15, 0.2) is 0 Å². The summed E-state index contributed by atoms with van der Waals surface area (Å²) in [7, 11) is 0. The molecular formula is C13H23NO. The van der Waals surface area contributed by atoms with Crippen LogP contribution in [-0.2, 0) is 4.79 Å². The Labute approximate surface area is 93.0 Å². The molecule has 1 amide bonds. The van der Waals surface area contributed by atoms with Crippen LogP contribution in [0.25, 0.3) is 0 Å². The minimum Gasteiger partial charge on any atom is -0.343 e. The second-order valence-electron chi connectivity index (χ2n) is 5.76. The van der Waals surface area contributed by atoms with E-state index in [9.17, 15) is 4.79 Å². The molecule has 2 fully saturated rings. The van der Waals surface area contributed by atoms with Crippen molar-refractivity contribution in [1.82, 2.24) is 4.90 Å². The second kappa shape index (κ2) is 3.80. The molecule has 1 saturated heterocycles. The molecule has 1 aliphatic heterocycles. The molecule has 1 aliphatic carbocycles. The lowest BCUT2D eigenvalue weighted by Crippen LogP contribution is -2.51. The lowest BCUT2D eigenvalue weighted by Gasteiger charge is -2.55. The van der Waals surface area contributed by atoms with Gasteiger partial charge in [-0.25, -0.2) is 0 Å². The predicted octanol–water partition coefficient (Wildman–Crippen LogP) is 2.68. The fraction of sp³-hybridized carbons (Fsp3) is 0.923. The van der Waals surface area contributed by atoms with Crippen molar-refractivity contribution in [2.24, 2.45) is 17.3 Å². The van der Waals surface area contributed by atoms with E-state index in [1.807, 2.05) is 4.90 Å². The maximum absolute atomic E-state index is 11.3. The zero-order valence-corrected chi connectivity index (χ0v) is 10.3. The van der Waals surface area contributed by atoms with Gasteiger partial charge in [-0.3, -0.25) is 4.79 Å². The maximum atomic E-state index is 11.3. The first-order chi connectivity index (χ1) is 7.05. The van der Waals surface area contributed by atoms with Gasteiger partial charge in [0.25, 0.3) is 0 Å². The number of likely N-dealkylation sites (tertiary alicyclic amines) is 1. The van der Waals surface area contributed by atoms with Crippen LogP contribution >= 0.6 is 0 Å². The van der Waals surface area contributed by atoms with Gasteiger partial charge in [-0.05, 0) is 42.9 Å². The standard InChI is InChI=1S/C13H23NO/c1-10(2)12-4-5-13(12)6-8-14(9-7-13)11(3)15/h10,12H,4-9H2,1-3H3. The first-order valence-corrected chi connectivity index (χ1v) is 6.31. The monoisotopic (exact) mass is 209 g/mol. The lowest BCUT2D eigenvalue weighted by molar-refractivity contribution is -0.135. The van der Waals surface area contributed by atoms with Gasteiger partial charge in [-0.2, -0.15) is 0 Å². The molecule has 1 spiro atoms. The molecule has 2 aliphatic rings. The third kappa shape index (κ3) is 1.79. The number of rotatable bonds is 1. The van der Waals surface area contributed by atoms with Crippen LogP contribution in [0.5, 0.6) is 0 Å². The number of hydrogen-bond donors (Lipinski definition) is 0. The summed E-state index contributed by atoms with van der Waals surface area (Å²) in [4.78, 5) is 13.3. The smallest absolute Gasteiger partial charge is 0.219 e. The molecule has 0 bridgehead atoms. The molecule has 86 valence electrons. The van der Waals surface area contributed by atoms with E-state index in [0.29, 0.717) is 5.41 Å². The van der Waals surface area contributed by atoms with Gasteiger partial charge in [-0.1, -0.05) is 13.8 Å². The first kappa shape index (κ1) is 11.0. The SMILES string of the molecule is CC(=O)N1CCC2(CCC2C(C)C)CC1. The second-order valence-corrected chi connectivity index (χ2v) is 5.76. The molecule has 15 heavy (non-hydrogen) atoms. The number of carbonyl (C=O) groups excluding carboxylic acids is 1. The van der Waals surface area contributed by atoms with E-state index in [2.05, 4.69) is 13.8 Å². The van der Waals surface area contributed by atoms with E-state index < -0.39 is 0 Å².